The van der Waals surface area contributed by atoms with E-state index in [9.17, 15) is 9.18 Å². The fraction of sp³-hybridized carbons (Fsp3) is 0.462. The molecule has 0 spiro atoms. The van der Waals surface area contributed by atoms with Gasteiger partial charge in [0.25, 0.3) is 0 Å². The molecule has 1 N–H and O–H groups in total. The summed E-state index contributed by atoms with van der Waals surface area (Å²) in [6.07, 6.45) is 1.60. The van der Waals surface area contributed by atoms with Gasteiger partial charge < -0.3 is 10.1 Å². The molecule has 92 valence electrons. The lowest BCUT2D eigenvalue weighted by molar-refractivity contribution is -0.143. The van der Waals surface area contributed by atoms with E-state index in [0.717, 1.165) is 18.4 Å². The SMILES string of the molecule is COC(=O)[C@@H]1CC[C@@H](c2cccc(F)c2)CN1. The van der Waals surface area contributed by atoms with Gasteiger partial charge in [0.1, 0.15) is 11.9 Å². The highest BCUT2D eigenvalue weighted by Gasteiger charge is 2.26. The maximum atomic E-state index is 13.1. The van der Waals surface area contributed by atoms with Crippen LogP contribution in [0.5, 0.6) is 0 Å². The van der Waals surface area contributed by atoms with Crippen molar-refractivity contribution in [2.24, 2.45) is 0 Å². The molecule has 1 fully saturated rings. The maximum Gasteiger partial charge on any atom is 0.322 e. The maximum absolute atomic E-state index is 13.1. The van der Waals surface area contributed by atoms with Crippen LogP contribution in [0.15, 0.2) is 24.3 Å². The predicted molar refractivity (Wildman–Crippen MR) is 62.2 cm³/mol. The lowest BCUT2D eigenvalue weighted by Crippen LogP contribution is -2.43. The second-order valence-electron chi connectivity index (χ2n) is 4.31. The van der Waals surface area contributed by atoms with Crippen LogP contribution in [0.3, 0.4) is 0 Å². The monoisotopic (exact) mass is 237 g/mol. The molecule has 1 saturated heterocycles. The molecule has 0 aromatic heterocycles. The fourth-order valence-corrected chi connectivity index (χ4v) is 2.24. The van der Waals surface area contributed by atoms with Crippen molar-refractivity contribution in [2.45, 2.75) is 24.8 Å². The summed E-state index contributed by atoms with van der Waals surface area (Å²) in [7, 11) is 1.39. The lowest BCUT2D eigenvalue weighted by Gasteiger charge is -2.28. The topological polar surface area (TPSA) is 38.3 Å². The summed E-state index contributed by atoms with van der Waals surface area (Å²) >= 11 is 0. The number of nitrogens with one attached hydrogen (secondary N) is 1. The van der Waals surface area contributed by atoms with Gasteiger partial charge in [0.05, 0.1) is 7.11 Å². The van der Waals surface area contributed by atoms with Crippen molar-refractivity contribution >= 4 is 5.97 Å². The second-order valence-corrected chi connectivity index (χ2v) is 4.31. The number of rotatable bonds is 2. The number of ether oxygens (including phenoxy) is 1. The number of halogens is 1. The Hall–Kier alpha value is -1.42. The van der Waals surface area contributed by atoms with Crippen LogP contribution >= 0.6 is 0 Å². The van der Waals surface area contributed by atoms with Gasteiger partial charge in [-0.05, 0) is 36.5 Å². The Kier molecular flexibility index (Phi) is 3.74. The highest BCUT2D eigenvalue weighted by Crippen LogP contribution is 2.25. The number of hydrogen-bond donors (Lipinski definition) is 1. The van der Waals surface area contributed by atoms with E-state index in [1.54, 1.807) is 12.1 Å². The van der Waals surface area contributed by atoms with Crippen molar-refractivity contribution in [1.82, 2.24) is 5.32 Å². The fourth-order valence-electron chi connectivity index (χ4n) is 2.24. The molecule has 17 heavy (non-hydrogen) atoms. The van der Waals surface area contributed by atoms with Gasteiger partial charge in [-0.3, -0.25) is 4.79 Å². The van der Waals surface area contributed by atoms with Crippen LogP contribution in [0.25, 0.3) is 0 Å². The quantitative estimate of drug-likeness (QED) is 0.797. The van der Waals surface area contributed by atoms with Crippen LogP contribution in [0.4, 0.5) is 4.39 Å². The van der Waals surface area contributed by atoms with Crippen molar-refractivity contribution in [3.63, 3.8) is 0 Å². The molecule has 0 amide bonds. The summed E-state index contributed by atoms with van der Waals surface area (Å²) < 4.78 is 17.8. The molecule has 0 radical (unpaired) electrons. The molecular formula is C13H16FNO2. The number of carbonyl (C=O) groups excluding carboxylic acids is 1. The van der Waals surface area contributed by atoms with E-state index < -0.39 is 0 Å². The molecule has 2 atom stereocenters. The zero-order valence-electron chi connectivity index (χ0n) is 9.78. The van der Waals surface area contributed by atoms with E-state index in [4.69, 9.17) is 0 Å². The predicted octanol–water partition coefficient (Wildman–Crippen LogP) is 1.83. The third kappa shape index (κ3) is 2.82. The largest absolute Gasteiger partial charge is 0.468 e. The third-order valence-corrected chi connectivity index (χ3v) is 3.22. The molecule has 1 aliphatic heterocycles. The number of carbonyl (C=O) groups is 1. The van der Waals surface area contributed by atoms with Gasteiger partial charge in [0.2, 0.25) is 0 Å². The molecule has 2 rings (SSSR count). The summed E-state index contributed by atoms with van der Waals surface area (Å²) in [4.78, 5) is 11.3. The molecule has 3 nitrogen and oxygen atoms in total. The van der Waals surface area contributed by atoms with Crippen LogP contribution in [-0.2, 0) is 9.53 Å². The second kappa shape index (κ2) is 5.27. The average Bonchev–Trinajstić information content (AvgIpc) is 2.38. The summed E-state index contributed by atoms with van der Waals surface area (Å²) in [5.74, 6) is -0.160. The Morgan fingerprint density at radius 3 is 2.88 bits per heavy atom. The Morgan fingerprint density at radius 1 is 1.47 bits per heavy atom. The number of piperidine rings is 1. The first-order chi connectivity index (χ1) is 8.20. The molecule has 4 heteroatoms. The van der Waals surface area contributed by atoms with E-state index in [1.807, 2.05) is 6.07 Å². The van der Waals surface area contributed by atoms with Crippen LogP contribution in [0.2, 0.25) is 0 Å². The molecule has 0 unspecified atom stereocenters. The lowest BCUT2D eigenvalue weighted by atomic mass is 9.89. The van der Waals surface area contributed by atoms with Crippen LogP contribution in [0, 0.1) is 5.82 Å². The molecular weight excluding hydrogens is 221 g/mol. The summed E-state index contributed by atoms with van der Waals surface area (Å²) in [5.41, 5.74) is 0.987. The van der Waals surface area contributed by atoms with Gasteiger partial charge >= 0.3 is 5.97 Å². The van der Waals surface area contributed by atoms with Crippen molar-refractivity contribution in [2.75, 3.05) is 13.7 Å². The van der Waals surface area contributed by atoms with Gasteiger partial charge in [0, 0.05) is 6.54 Å². The average molecular weight is 237 g/mol. The first-order valence-corrected chi connectivity index (χ1v) is 5.77. The minimum atomic E-state index is -0.220. The first-order valence-electron chi connectivity index (χ1n) is 5.77. The van der Waals surface area contributed by atoms with E-state index >= 15 is 0 Å². The van der Waals surface area contributed by atoms with Crippen molar-refractivity contribution in [1.29, 1.82) is 0 Å². The summed E-state index contributed by atoms with van der Waals surface area (Å²) in [6.45, 7) is 0.684. The molecule has 1 aliphatic rings. The molecule has 0 aliphatic carbocycles. The molecule has 1 heterocycles. The Labute approximate surface area is 100.0 Å². The minimum absolute atomic E-state index is 0.211. The van der Waals surface area contributed by atoms with Gasteiger partial charge in [-0.15, -0.1) is 0 Å². The third-order valence-electron chi connectivity index (χ3n) is 3.22. The van der Waals surface area contributed by atoms with E-state index in [0.29, 0.717) is 6.54 Å². The Balaban J connectivity index is 1.97. The van der Waals surface area contributed by atoms with Crippen molar-refractivity contribution in [3.8, 4) is 0 Å². The van der Waals surface area contributed by atoms with Gasteiger partial charge in [-0.1, -0.05) is 12.1 Å². The van der Waals surface area contributed by atoms with Crippen molar-refractivity contribution in [3.05, 3.63) is 35.6 Å². The molecule has 1 aromatic carbocycles. The van der Waals surface area contributed by atoms with Gasteiger partial charge in [-0.2, -0.15) is 0 Å². The minimum Gasteiger partial charge on any atom is -0.468 e. The Morgan fingerprint density at radius 2 is 2.29 bits per heavy atom. The zero-order chi connectivity index (χ0) is 12.3. The van der Waals surface area contributed by atoms with Gasteiger partial charge in [0.15, 0.2) is 0 Å². The van der Waals surface area contributed by atoms with E-state index in [2.05, 4.69) is 10.1 Å². The summed E-state index contributed by atoms with van der Waals surface area (Å²) in [6, 6.07) is 6.43. The van der Waals surface area contributed by atoms with E-state index in [1.165, 1.54) is 13.2 Å². The highest BCUT2D eigenvalue weighted by atomic mass is 19.1. The number of benzene rings is 1. The highest BCUT2D eigenvalue weighted by molar-refractivity contribution is 5.75. The van der Waals surface area contributed by atoms with Gasteiger partial charge in [-0.25, -0.2) is 4.39 Å². The molecule has 0 saturated carbocycles. The molecule has 1 aromatic rings. The normalized spacial score (nSPS) is 24.4. The smallest absolute Gasteiger partial charge is 0.322 e. The van der Waals surface area contributed by atoms with Crippen molar-refractivity contribution < 1.29 is 13.9 Å². The number of methoxy groups -OCH3 is 1. The first kappa shape index (κ1) is 12.0. The number of esters is 1. The molecule has 0 bridgehead atoms. The standard InChI is InChI=1S/C13H16FNO2/c1-17-13(16)12-6-5-10(8-15-12)9-3-2-4-11(14)7-9/h2-4,7,10,12,15H,5-6,8H2,1H3/t10-,12+/m1/s1. The zero-order valence-corrected chi connectivity index (χ0v) is 9.78. The van der Waals surface area contributed by atoms with Crippen LogP contribution in [-0.4, -0.2) is 25.7 Å². The van der Waals surface area contributed by atoms with Crippen LogP contribution < -0.4 is 5.32 Å². The van der Waals surface area contributed by atoms with E-state index in [-0.39, 0.29) is 23.7 Å². The summed E-state index contributed by atoms with van der Waals surface area (Å²) in [5, 5.41) is 3.14. The Bertz CT molecular complexity index is 400. The van der Waals surface area contributed by atoms with Crippen LogP contribution in [0.1, 0.15) is 24.3 Å². The number of hydrogen-bond acceptors (Lipinski definition) is 3.